The molecule has 6 aromatic rings. The van der Waals surface area contributed by atoms with Crippen LogP contribution in [-0.4, -0.2) is 23.2 Å². The van der Waals surface area contributed by atoms with Crippen LogP contribution in [0.15, 0.2) is 72.9 Å². The molecule has 32 heavy (non-hydrogen) atoms. The first-order chi connectivity index (χ1) is 15.4. The van der Waals surface area contributed by atoms with E-state index in [9.17, 15) is 0 Å². The molecule has 3 aromatic heterocycles. The number of rotatable bonds is 2. The molecule has 0 N–H and O–H groups in total. The van der Waals surface area contributed by atoms with Crippen molar-refractivity contribution in [3.05, 3.63) is 78.5 Å². The summed E-state index contributed by atoms with van der Waals surface area (Å²) in [6.07, 6.45) is 1.88. The molecule has 0 atom stereocenters. The van der Waals surface area contributed by atoms with E-state index in [1.807, 2.05) is 12.3 Å². The molecule has 0 unspecified atom stereocenters. The molecule has 156 valence electrons. The Kier molecular flexibility index (Phi) is 4.43. The first kappa shape index (κ1) is 19.9. The fourth-order valence-corrected chi connectivity index (χ4v) is 9.25. The van der Waals surface area contributed by atoms with E-state index in [2.05, 4.69) is 89.8 Å². The fraction of sp³-hybridized carbons (Fsp3) is 0.143. The molecule has 0 fully saturated rings. The van der Waals surface area contributed by atoms with Gasteiger partial charge in [0.25, 0.3) is 0 Å². The van der Waals surface area contributed by atoms with Gasteiger partial charge in [0.05, 0.1) is 0 Å². The van der Waals surface area contributed by atoms with Gasteiger partial charge in [-0.15, -0.1) is 0 Å². The number of aryl methyl sites for hydroxylation is 1. The second-order valence-electron chi connectivity index (χ2n) is 9.63. The van der Waals surface area contributed by atoms with Crippen molar-refractivity contribution in [1.82, 2.24) is 9.97 Å². The van der Waals surface area contributed by atoms with E-state index in [1.165, 1.54) is 47.2 Å². The second-order valence-corrected chi connectivity index (χ2v) is 21.2. The molecular formula is C28H24GeN2S. The van der Waals surface area contributed by atoms with Crippen LogP contribution in [0.5, 0.6) is 0 Å². The van der Waals surface area contributed by atoms with Crippen LogP contribution in [0.3, 0.4) is 0 Å². The summed E-state index contributed by atoms with van der Waals surface area (Å²) in [6.45, 7) is 2.18. The number of fused-ring (bicyclic) bond motifs is 6. The third kappa shape index (κ3) is 3.06. The van der Waals surface area contributed by atoms with Gasteiger partial charge in [0.15, 0.2) is 0 Å². The maximum atomic E-state index is 5.25. The van der Waals surface area contributed by atoms with Crippen LogP contribution < -0.4 is 4.40 Å². The average molecular weight is 493 g/mol. The van der Waals surface area contributed by atoms with Crippen LogP contribution in [0.2, 0.25) is 17.3 Å². The standard InChI is InChI=1S/C28H24GeN2S/c1-17-14-21-20-10-7-13-30-28(20)32-27(21)22(15-17)25-16-23(29(2,3)4)26-19-9-6-5-8-18(19)11-12-24(26)31-25/h5-16H,1-4H3. The van der Waals surface area contributed by atoms with Crippen LogP contribution in [-0.2, 0) is 0 Å². The van der Waals surface area contributed by atoms with E-state index < -0.39 is 13.3 Å². The number of thiophene rings is 1. The van der Waals surface area contributed by atoms with Crippen molar-refractivity contribution in [3.63, 3.8) is 0 Å². The third-order valence-electron chi connectivity index (χ3n) is 6.28. The van der Waals surface area contributed by atoms with Gasteiger partial charge in [0, 0.05) is 0 Å². The predicted molar refractivity (Wildman–Crippen MR) is 143 cm³/mol. The summed E-state index contributed by atoms with van der Waals surface area (Å²) in [5, 5.41) is 6.47. The molecule has 0 radical (unpaired) electrons. The molecule has 0 spiro atoms. The molecule has 2 nitrogen and oxygen atoms in total. The van der Waals surface area contributed by atoms with E-state index in [0.29, 0.717) is 0 Å². The number of benzene rings is 3. The van der Waals surface area contributed by atoms with Crippen LogP contribution in [0.4, 0.5) is 0 Å². The minimum atomic E-state index is -2.21. The summed E-state index contributed by atoms with van der Waals surface area (Å²) in [5.74, 6) is 7.44. The Balaban J connectivity index is 1.74. The first-order valence-corrected chi connectivity index (χ1v) is 19.2. The van der Waals surface area contributed by atoms with Gasteiger partial charge in [-0.1, -0.05) is 0 Å². The molecule has 0 aliphatic rings. The molecule has 0 amide bonds. The number of pyridine rings is 2. The zero-order chi connectivity index (χ0) is 22.0. The quantitative estimate of drug-likeness (QED) is 0.183. The first-order valence-electron chi connectivity index (χ1n) is 11.0. The van der Waals surface area contributed by atoms with Crippen LogP contribution in [0.25, 0.3) is 53.2 Å². The summed E-state index contributed by atoms with van der Waals surface area (Å²) in [4.78, 5) is 11.0. The number of hydrogen-bond donors (Lipinski definition) is 0. The Hall–Kier alpha value is -2.76. The molecule has 0 saturated carbocycles. The zero-order valence-corrected chi connectivity index (χ0v) is 21.6. The molecule has 4 heteroatoms. The number of hydrogen-bond acceptors (Lipinski definition) is 3. The molecule has 3 aromatic carbocycles. The van der Waals surface area contributed by atoms with Gasteiger partial charge < -0.3 is 0 Å². The van der Waals surface area contributed by atoms with E-state index in [0.717, 1.165) is 16.0 Å². The Morgan fingerprint density at radius 2 is 1.62 bits per heavy atom. The van der Waals surface area contributed by atoms with Crippen molar-refractivity contribution < 1.29 is 0 Å². The van der Waals surface area contributed by atoms with Gasteiger partial charge in [0.1, 0.15) is 0 Å². The fourth-order valence-electron chi connectivity index (χ4n) is 4.78. The van der Waals surface area contributed by atoms with Crippen molar-refractivity contribution in [2.75, 3.05) is 0 Å². The maximum absolute atomic E-state index is 5.25. The summed E-state index contributed by atoms with van der Waals surface area (Å²) in [7, 11) is 0. The molecule has 0 aliphatic carbocycles. The summed E-state index contributed by atoms with van der Waals surface area (Å²) >= 11 is -0.435. The number of aromatic nitrogens is 2. The SMILES string of the molecule is Cc1cc(-c2c[c]([Ge]([CH3])([CH3])[CH3])c3c(ccc4ccccc43)n2)c2sc3ncccc3c2c1. The predicted octanol–water partition coefficient (Wildman–Crippen LogP) is 7.67. The van der Waals surface area contributed by atoms with Crippen molar-refractivity contribution in [3.8, 4) is 11.3 Å². The Labute approximate surface area is 194 Å². The molecule has 0 aliphatic heterocycles. The molecule has 0 saturated heterocycles. The normalized spacial score (nSPS) is 12.4. The number of nitrogens with zero attached hydrogens (tertiary/aromatic N) is 2. The third-order valence-corrected chi connectivity index (χ3v) is 11.7. The Bertz CT molecular complexity index is 1670. The van der Waals surface area contributed by atoms with E-state index >= 15 is 0 Å². The summed E-state index contributed by atoms with van der Waals surface area (Å²) in [5.41, 5.74) is 4.68. The zero-order valence-electron chi connectivity index (χ0n) is 18.7. The molecular weight excluding hydrogens is 469 g/mol. The second kappa shape index (κ2) is 7.12. The Morgan fingerprint density at radius 3 is 2.47 bits per heavy atom. The molecule has 6 rings (SSSR count). The molecule has 3 heterocycles. The summed E-state index contributed by atoms with van der Waals surface area (Å²) < 4.78 is 2.81. The van der Waals surface area contributed by atoms with Crippen molar-refractivity contribution in [2.45, 2.75) is 24.2 Å². The van der Waals surface area contributed by atoms with E-state index in [4.69, 9.17) is 4.98 Å². The van der Waals surface area contributed by atoms with Crippen LogP contribution in [0.1, 0.15) is 5.56 Å². The van der Waals surface area contributed by atoms with Gasteiger partial charge in [-0.3, -0.25) is 0 Å². The Morgan fingerprint density at radius 1 is 0.812 bits per heavy atom. The van der Waals surface area contributed by atoms with Gasteiger partial charge in [-0.05, 0) is 0 Å². The van der Waals surface area contributed by atoms with E-state index in [-0.39, 0.29) is 0 Å². The summed E-state index contributed by atoms with van der Waals surface area (Å²) in [6, 6.07) is 24.3. The monoisotopic (exact) mass is 494 g/mol. The minimum absolute atomic E-state index is 1.09. The van der Waals surface area contributed by atoms with Gasteiger partial charge >= 0.3 is 195 Å². The van der Waals surface area contributed by atoms with Gasteiger partial charge in [0.2, 0.25) is 0 Å². The molecule has 0 bridgehead atoms. The van der Waals surface area contributed by atoms with E-state index in [1.54, 1.807) is 11.3 Å². The van der Waals surface area contributed by atoms with Gasteiger partial charge in [-0.25, -0.2) is 0 Å². The average Bonchev–Trinajstić information content (AvgIpc) is 3.15. The van der Waals surface area contributed by atoms with Crippen LogP contribution in [0, 0.1) is 6.92 Å². The van der Waals surface area contributed by atoms with Crippen molar-refractivity contribution in [2.24, 2.45) is 0 Å². The topological polar surface area (TPSA) is 25.8 Å². The van der Waals surface area contributed by atoms with Crippen LogP contribution >= 0.6 is 11.3 Å². The van der Waals surface area contributed by atoms with Gasteiger partial charge in [-0.2, -0.15) is 0 Å². The van der Waals surface area contributed by atoms with Crippen molar-refractivity contribution >= 4 is 71.0 Å². The van der Waals surface area contributed by atoms with Crippen molar-refractivity contribution in [1.29, 1.82) is 0 Å².